The van der Waals surface area contributed by atoms with Gasteiger partial charge in [-0.15, -0.1) is 0 Å². The molecule has 0 aliphatic rings. The number of Topliss-reactive ketones (excluding diaryl/α,β-unsaturated/α-hetero) is 1. The van der Waals surface area contributed by atoms with E-state index in [4.69, 9.17) is 5.73 Å². The molecule has 2 rings (SSSR count). The fourth-order valence-corrected chi connectivity index (χ4v) is 1.74. The van der Waals surface area contributed by atoms with Crippen LogP contribution in [-0.4, -0.2) is 11.6 Å². The van der Waals surface area contributed by atoms with Crippen LogP contribution in [0.1, 0.15) is 21.5 Å². The van der Waals surface area contributed by atoms with E-state index in [2.05, 4.69) is 11.6 Å². The molecule has 0 aliphatic carbocycles. The standard InChI is InChI=1S/C17H16N2O/c1-12-8-10-15(11-9-12)16(20)17(18)19-13(2)14-6-4-3-5-7-14/h3-11H,2H2,1H3,(H2,18,19). The number of hydrogen-bond acceptors (Lipinski definition) is 2. The predicted octanol–water partition coefficient (Wildman–Crippen LogP) is 3.21. The van der Waals surface area contributed by atoms with E-state index in [1.807, 2.05) is 49.4 Å². The van der Waals surface area contributed by atoms with E-state index in [0.29, 0.717) is 11.3 Å². The second-order valence-electron chi connectivity index (χ2n) is 4.50. The number of aliphatic imine (C=N–C) groups is 1. The lowest BCUT2D eigenvalue weighted by Gasteiger charge is -2.03. The average molecular weight is 264 g/mol. The molecule has 0 radical (unpaired) electrons. The van der Waals surface area contributed by atoms with Crippen LogP contribution in [0.3, 0.4) is 0 Å². The van der Waals surface area contributed by atoms with Crippen LogP contribution in [0.25, 0.3) is 5.70 Å². The first kappa shape index (κ1) is 13.7. The van der Waals surface area contributed by atoms with Crippen LogP contribution in [0.5, 0.6) is 0 Å². The van der Waals surface area contributed by atoms with Gasteiger partial charge in [-0.3, -0.25) is 4.79 Å². The Kier molecular flexibility index (Phi) is 4.11. The van der Waals surface area contributed by atoms with Crippen molar-refractivity contribution in [2.45, 2.75) is 6.92 Å². The number of nitrogens with two attached hydrogens (primary N) is 1. The molecule has 2 aromatic carbocycles. The number of benzene rings is 2. The zero-order chi connectivity index (χ0) is 14.5. The molecule has 0 saturated carbocycles. The zero-order valence-electron chi connectivity index (χ0n) is 11.3. The van der Waals surface area contributed by atoms with Gasteiger partial charge in [0.15, 0.2) is 5.84 Å². The fourth-order valence-electron chi connectivity index (χ4n) is 1.74. The third-order valence-electron chi connectivity index (χ3n) is 2.91. The summed E-state index contributed by atoms with van der Waals surface area (Å²) in [7, 11) is 0. The number of aryl methyl sites for hydroxylation is 1. The lowest BCUT2D eigenvalue weighted by atomic mass is 10.1. The molecule has 0 bridgehead atoms. The van der Waals surface area contributed by atoms with Crippen molar-refractivity contribution in [3.05, 3.63) is 77.9 Å². The van der Waals surface area contributed by atoms with Crippen LogP contribution in [0.15, 0.2) is 66.2 Å². The first-order valence-electron chi connectivity index (χ1n) is 6.28. The third-order valence-corrected chi connectivity index (χ3v) is 2.91. The Hall–Kier alpha value is -2.68. The summed E-state index contributed by atoms with van der Waals surface area (Å²) < 4.78 is 0. The minimum absolute atomic E-state index is 0.0530. The fraction of sp³-hybridized carbons (Fsp3) is 0.0588. The van der Waals surface area contributed by atoms with Gasteiger partial charge in [0.1, 0.15) is 0 Å². The summed E-state index contributed by atoms with van der Waals surface area (Å²) in [6.07, 6.45) is 0. The number of carbonyl (C=O) groups is 1. The molecule has 0 fully saturated rings. The summed E-state index contributed by atoms with van der Waals surface area (Å²) in [5, 5.41) is 0. The van der Waals surface area contributed by atoms with Crippen LogP contribution in [0.4, 0.5) is 0 Å². The van der Waals surface area contributed by atoms with Crippen molar-refractivity contribution in [3.63, 3.8) is 0 Å². The molecular weight excluding hydrogens is 248 g/mol. The lowest BCUT2D eigenvalue weighted by molar-refractivity contribution is 0.106. The number of rotatable bonds is 4. The van der Waals surface area contributed by atoms with Gasteiger partial charge in [0, 0.05) is 5.56 Å². The molecule has 0 unspecified atom stereocenters. The summed E-state index contributed by atoms with van der Waals surface area (Å²) in [6.45, 7) is 5.80. The maximum absolute atomic E-state index is 12.1. The molecule has 0 heterocycles. The number of hydrogen-bond donors (Lipinski definition) is 1. The molecule has 0 aliphatic heterocycles. The SMILES string of the molecule is C=C(N=C(N)C(=O)c1ccc(C)cc1)c1ccccc1. The van der Waals surface area contributed by atoms with E-state index < -0.39 is 0 Å². The molecule has 20 heavy (non-hydrogen) atoms. The van der Waals surface area contributed by atoms with Gasteiger partial charge in [-0.25, -0.2) is 4.99 Å². The molecule has 2 aromatic rings. The molecule has 3 nitrogen and oxygen atoms in total. The maximum atomic E-state index is 12.1. The van der Waals surface area contributed by atoms with E-state index in [-0.39, 0.29) is 11.6 Å². The highest BCUT2D eigenvalue weighted by Gasteiger charge is 2.11. The first-order chi connectivity index (χ1) is 9.58. The first-order valence-corrected chi connectivity index (χ1v) is 6.28. The normalized spacial score (nSPS) is 11.2. The van der Waals surface area contributed by atoms with E-state index >= 15 is 0 Å². The molecule has 0 spiro atoms. The number of ketones is 1. The maximum Gasteiger partial charge on any atom is 0.227 e. The van der Waals surface area contributed by atoms with Crippen molar-refractivity contribution in [2.24, 2.45) is 10.7 Å². The smallest absolute Gasteiger partial charge is 0.227 e. The van der Waals surface area contributed by atoms with Gasteiger partial charge >= 0.3 is 0 Å². The number of amidine groups is 1. The van der Waals surface area contributed by atoms with E-state index in [9.17, 15) is 4.79 Å². The number of carbonyl (C=O) groups excluding carboxylic acids is 1. The van der Waals surface area contributed by atoms with Gasteiger partial charge in [-0.05, 0) is 12.5 Å². The summed E-state index contributed by atoms with van der Waals surface area (Å²) in [6, 6.07) is 16.6. The molecular formula is C17H16N2O. The van der Waals surface area contributed by atoms with E-state index in [1.165, 1.54) is 0 Å². The minimum Gasteiger partial charge on any atom is -0.380 e. The highest BCUT2D eigenvalue weighted by molar-refractivity contribution is 6.45. The molecule has 0 amide bonds. The van der Waals surface area contributed by atoms with E-state index in [0.717, 1.165) is 11.1 Å². The monoisotopic (exact) mass is 264 g/mol. The van der Waals surface area contributed by atoms with Gasteiger partial charge < -0.3 is 5.73 Å². The van der Waals surface area contributed by atoms with Crippen LogP contribution in [-0.2, 0) is 0 Å². The van der Waals surface area contributed by atoms with Gasteiger partial charge in [0.25, 0.3) is 0 Å². The second kappa shape index (κ2) is 5.97. The van der Waals surface area contributed by atoms with Crippen molar-refractivity contribution in [1.82, 2.24) is 0 Å². The predicted molar refractivity (Wildman–Crippen MR) is 82.6 cm³/mol. The minimum atomic E-state index is -0.290. The summed E-state index contributed by atoms with van der Waals surface area (Å²) in [5.41, 5.74) is 8.69. The Morgan fingerprint density at radius 3 is 2.20 bits per heavy atom. The Morgan fingerprint density at radius 2 is 1.60 bits per heavy atom. The summed E-state index contributed by atoms with van der Waals surface area (Å²) >= 11 is 0. The summed E-state index contributed by atoms with van der Waals surface area (Å²) in [4.78, 5) is 16.2. The molecule has 100 valence electrons. The van der Waals surface area contributed by atoms with Crippen molar-refractivity contribution < 1.29 is 4.79 Å². The average Bonchev–Trinajstić information content (AvgIpc) is 2.48. The van der Waals surface area contributed by atoms with Gasteiger partial charge in [-0.2, -0.15) is 0 Å². The molecule has 2 N–H and O–H groups in total. The van der Waals surface area contributed by atoms with Crippen molar-refractivity contribution in [3.8, 4) is 0 Å². The Morgan fingerprint density at radius 1 is 1.00 bits per heavy atom. The van der Waals surface area contributed by atoms with Crippen molar-refractivity contribution in [1.29, 1.82) is 0 Å². The van der Waals surface area contributed by atoms with Crippen LogP contribution < -0.4 is 5.73 Å². The van der Waals surface area contributed by atoms with Crippen LogP contribution in [0.2, 0.25) is 0 Å². The quantitative estimate of drug-likeness (QED) is 0.523. The topological polar surface area (TPSA) is 55.4 Å². The molecule has 0 aromatic heterocycles. The largest absolute Gasteiger partial charge is 0.380 e. The van der Waals surface area contributed by atoms with Crippen LogP contribution >= 0.6 is 0 Å². The van der Waals surface area contributed by atoms with Gasteiger partial charge in [-0.1, -0.05) is 66.7 Å². The van der Waals surface area contributed by atoms with Crippen molar-refractivity contribution >= 4 is 17.3 Å². The Labute approximate surface area is 118 Å². The van der Waals surface area contributed by atoms with Gasteiger partial charge in [0.2, 0.25) is 5.78 Å². The Bertz CT molecular complexity index is 655. The molecule has 0 atom stereocenters. The van der Waals surface area contributed by atoms with E-state index in [1.54, 1.807) is 12.1 Å². The zero-order valence-corrected chi connectivity index (χ0v) is 11.3. The Balaban J connectivity index is 2.20. The third kappa shape index (κ3) is 3.20. The molecule has 0 saturated heterocycles. The highest BCUT2D eigenvalue weighted by Crippen LogP contribution is 2.13. The van der Waals surface area contributed by atoms with Gasteiger partial charge in [0.05, 0.1) is 5.70 Å². The van der Waals surface area contributed by atoms with Crippen molar-refractivity contribution in [2.75, 3.05) is 0 Å². The highest BCUT2D eigenvalue weighted by atomic mass is 16.1. The lowest BCUT2D eigenvalue weighted by Crippen LogP contribution is -2.23. The van der Waals surface area contributed by atoms with Crippen LogP contribution in [0, 0.1) is 6.92 Å². The second-order valence-corrected chi connectivity index (χ2v) is 4.50. The molecule has 3 heteroatoms. The summed E-state index contributed by atoms with van der Waals surface area (Å²) in [5.74, 6) is -0.343. The number of nitrogens with zero attached hydrogens (tertiary/aromatic N) is 1.